The minimum absolute atomic E-state index is 0.0112. The first kappa shape index (κ1) is 33.7. The number of nitrogens with zero attached hydrogens (tertiary/aromatic N) is 5. The zero-order chi connectivity index (χ0) is 39.4. The second kappa shape index (κ2) is 13.8. The number of benzene rings is 2. The summed E-state index contributed by atoms with van der Waals surface area (Å²) in [4.78, 5) is 21.1. The number of likely N-dealkylation sites (tertiary alicyclic amines) is 1. The highest BCUT2D eigenvalue weighted by atomic mass is 35.5. The molecule has 3 aliphatic heterocycles. The fraction of sp³-hybridized carbons (Fsp3) is 0.463. The van der Waals surface area contributed by atoms with E-state index >= 15 is 4.39 Å². The van der Waals surface area contributed by atoms with E-state index in [-0.39, 0.29) is 69.5 Å². The molecule has 2 bridgehead atoms. The Bertz CT molecular complexity index is 2450. The Morgan fingerprint density at radius 1 is 1.28 bits per heavy atom. The summed E-state index contributed by atoms with van der Waals surface area (Å²) in [5.74, 6) is -0.447. The van der Waals surface area contributed by atoms with Crippen LogP contribution < -0.4 is 5.32 Å². The number of amides is 1. The number of nitrogens with one attached hydrogen (secondary N) is 1. The third-order valence-corrected chi connectivity index (χ3v) is 13.6. The molecule has 54 heavy (non-hydrogen) atoms. The number of aliphatic hydroxyl groups is 1. The number of aromatic nitrogens is 3. The molecule has 5 fully saturated rings. The summed E-state index contributed by atoms with van der Waals surface area (Å²) in [6, 6.07) is 10.3. The van der Waals surface area contributed by atoms with Crippen LogP contribution in [0.5, 0.6) is 0 Å². The van der Waals surface area contributed by atoms with E-state index in [4.69, 9.17) is 35.7 Å². The van der Waals surface area contributed by atoms with E-state index in [2.05, 4.69) is 20.3 Å². The van der Waals surface area contributed by atoms with Crippen LogP contribution in [0.25, 0.3) is 32.9 Å². The van der Waals surface area contributed by atoms with Gasteiger partial charge in [-0.15, -0.1) is 0 Å². The summed E-state index contributed by atoms with van der Waals surface area (Å²) < 4.78 is 48.2. The smallest absolute Gasteiger partial charge is 0.226 e. The summed E-state index contributed by atoms with van der Waals surface area (Å²) in [5.41, 5.74) is 3.99. The maximum absolute atomic E-state index is 17.4. The molecule has 7 unspecified atom stereocenters. The average molecular weight is 790 g/mol. The number of aryl methyl sites for hydroxylation is 2. The second-order valence-electron chi connectivity index (χ2n) is 15.4. The first-order valence-electron chi connectivity index (χ1n) is 19.6. The lowest BCUT2D eigenvalue weighted by atomic mass is 9.79. The van der Waals surface area contributed by atoms with Crippen molar-refractivity contribution in [2.75, 3.05) is 6.54 Å². The maximum atomic E-state index is 17.4. The Morgan fingerprint density at radius 2 is 2.09 bits per heavy atom. The Balaban J connectivity index is 1.29. The lowest BCUT2D eigenvalue weighted by Gasteiger charge is -2.39. The van der Waals surface area contributed by atoms with E-state index in [1.165, 1.54) is 11.5 Å². The first-order chi connectivity index (χ1) is 26.8. The van der Waals surface area contributed by atoms with Crippen LogP contribution in [-0.2, 0) is 22.5 Å². The molecule has 1 amide bonds. The number of carbonyl (C=O) groups is 1. The molecule has 5 aromatic rings. The molecule has 0 spiro atoms. The summed E-state index contributed by atoms with van der Waals surface area (Å²) in [6.07, 6.45) is 1.53. The lowest BCUT2D eigenvalue weighted by molar-refractivity contribution is -0.136. The topological polar surface area (TPSA) is 116 Å². The van der Waals surface area contributed by atoms with E-state index in [0.717, 1.165) is 31.5 Å². The van der Waals surface area contributed by atoms with Gasteiger partial charge in [-0.3, -0.25) is 4.79 Å². The number of pyridine rings is 1. The van der Waals surface area contributed by atoms with Crippen LogP contribution in [0.4, 0.5) is 4.39 Å². The predicted molar refractivity (Wildman–Crippen MR) is 208 cm³/mol. The fourth-order valence-corrected chi connectivity index (χ4v) is 10.1. The van der Waals surface area contributed by atoms with Crippen molar-refractivity contribution in [3.63, 3.8) is 0 Å². The van der Waals surface area contributed by atoms with Gasteiger partial charge in [0.15, 0.2) is 5.82 Å². The van der Waals surface area contributed by atoms with Gasteiger partial charge in [-0.25, -0.2) is 9.37 Å². The summed E-state index contributed by atoms with van der Waals surface area (Å²) in [5, 5.41) is 28.1. The van der Waals surface area contributed by atoms with E-state index < -0.39 is 36.7 Å². The summed E-state index contributed by atoms with van der Waals surface area (Å²) in [6.45, 7) is 3.97. The Morgan fingerprint density at radius 3 is 2.76 bits per heavy atom. The molecule has 2 N–H and O–H groups in total. The molecule has 9 nitrogen and oxygen atoms in total. The molecule has 5 aliphatic rings. The van der Waals surface area contributed by atoms with Gasteiger partial charge in [0.05, 0.1) is 72.7 Å². The number of nitriles is 1. The number of rotatable bonds is 10. The second-order valence-corrected chi connectivity index (χ2v) is 16.8. The largest absolute Gasteiger partial charge is 0.387 e. The molecule has 280 valence electrons. The van der Waals surface area contributed by atoms with Crippen molar-refractivity contribution in [2.45, 2.75) is 102 Å². The highest BCUT2D eigenvalue weighted by Gasteiger charge is 2.52. The van der Waals surface area contributed by atoms with Crippen molar-refractivity contribution >= 4 is 62.4 Å². The van der Waals surface area contributed by atoms with E-state index in [0.29, 0.717) is 45.1 Å². The van der Waals surface area contributed by atoms with Crippen LogP contribution in [0.1, 0.15) is 95.1 Å². The molecule has 3 saturated heterocycles. The van der Waals surface area contributed by atoms with Crippen molar-refractivity contribution in [2.24, 2.45) is 11.8 Å². The van der Waals surface area contributed by atoms with Gasteiger partial charge in [-0.2, -0.15) is 9.64 Å². The van der Waals surface area contributed by atoms with Gasteiger partial charge in [0, 0.05) is 64.3 Å². The number of carbonyl (C=O) groups excluding carboxylic acids is 1. The molecule has 0 radical (unpaired) electrons. The minimum atomic E-state index is -2.18. The third kappa shape index (κ3) is 5.75. The maximum Gasteiger partial charge on any atom is 0.226 e. The normalized spacial score (nSPS) is 26.2. The highest BCUT2D eigenvalue weighted by molar-refractivity contribution is 7.03. The molecule has 10 rings (SSSR count). The zero-order valence-corrected chi connectivity index (χ0v) is 32.4. The van der Waals surface area contributed by atoms with Crippen molar-refractivity contribution in [1.29, 1.82) is 5.26 Å². The van der Waals surface area contributed by atoms with Crippen LogP contribution in [0.15, 0.2) is 35.7 Å². The summed E-state index contributed by atoms with van der Waals surface area (Å²) in [7, 11) is 0. The van der Waals surface area contributed by atoms with Crippen molar-refractivity contribution < 1.29 is 21.8 Å². The fourth-order valence-electron chi connectivity index (χ4n) is 9.10. The van der Waals surface area contributed by atoms with Crippen LogP contribution in [0.3, 0.4) is 0 Å². The number of hydrogen-bond acceptors (Lipinski definition) is 8. The van der Waals surface area contributed by atoms with Gasteiger partial charge in [0.25, 0.3) is 0 Å². The first-order valence-corrected chi connectivity index (χ1v) is 20.2. The van der Waals surface area contributed by atoms with E-state index in [1.807, 2.05) is 30.9 Å². The van der Waals surface area contributed by atoms with E-state index in [9.17, 15) is 15.2 Å². The van der Waals surface area contributed by atoms with Gasteiger partial charge in [0.2, 0.25) is 5.91 Å². The Labute approximate surface area is 330 Å². The number of fused-ring (bicyclic) bond motifs is 4. The van der Waals surface area contributed by atoms with Gasteiger partial charge in [0.1, 0.15) is 5.52 Å². The van der Waals surface area contributed by atoms with Gasteiger partial charge >= 0.3 is 0 Å². The molecular weight excluding hydrogens is 746 g/mol. The lowest BCUT2D eigenvalue weighted by Crippen LogP contribution is -2.43. The molecule has 2 aliphatic carbocycles. The monoisotopic (exact) mass is 788 g/mol. The molecule has 7 atom stereocenters. The number of halogens is 3. The van der Waals surface area contributed by atoms with Crippen LogP contribution in [0, 0.1) is 35.9 Å². The Hall–Kier alpha value is -3.63. The minimum Gasteiger partial charge on any atom is -0.387 e. The molecule has 6 heterocycles. The van der Waals surface area contributed by atoms with Crippen LogP contribution >= 0.6 is 34.7 Å². The van der Waals surface area contributed by atoms with Crippen LogP contribution in [-0.4, -0.2) is 54.6 Å². The third-order valence-electron chi connectivity index (χ3n) is 12.0. The molecular formula is C41H41Cl2FN6O3S. The Kier molecular flexibility index (Phi) is 8.63. The SMILES string of the molecule is [2H]C([2H])(OC1CC(c2cc3c(C(C)O)nc4c(F)c(-c5cccc(Cl)c5Cl)c(CCC#N)cc4c3n2C2C3CNC2C3)N(C(=O)C2CC2)C1C)c1nscc1C. The number of aliphatic hydroxyl groups excluding tert-OH is 1. The molecule has 2 saturated carbocycles. The molecule has 2 aromatic carbocycles. The average Bonchev–Trinajstić information content (AvgIpc) is 3.53. The van der Waals surface area contributed by atoms with Gasteiger partial charge < -0.3 is 24.6 Å². The van der Waals surface area contributed by atoms with Crippen molar-refractivity contribution in [3.05, 3.63) is 79.8 Å². The van der Waals surface area contributed by atoms with Crippen molar-refractivity contribution in [3.8, 4) is 17.2 Å². The van der Waals surface area contributed by atoms with Gasteiger partial charge in [-0.05, 0) is 93.2 Å². The number of hydrogen-bond donors (Lipinski definition) is 2. The number of ether oxygens (including phenoxy) is 1. The zero-order valence-electron chi connectivity index (χ0n) is 32.1. The predicted octanol–water partition coefficient (Wildman–Crippen LogP) is 8.77. The summed E-state index contributed by atoms with van der Waals surface area (Å²) >= 11 is 14.3. The van der Waals surface area contributed by atoms with Crippen molar-refractivity contribution in [1.82, 2.24) is 24.1 Å². The van der Waals surface area contributed by atoms with Crippen LogP contribution in [0.2, 0.25) is 10.0 Å². The highest BCUT2D eigenvalue weighted by Crippen LogP contribution is 2.52. The van der Waals surface area contributed by atoms with E-state index in [1.54, 1.807) is 30.5 Å². The molecule has 13 heteroatoms. The standard InChI is InChI=1S/C41H41Cl2FN6O3S/c1-19-18-54-48-30(19)17-53-33-15-32(49(20(33)2)41(52)22-9-10-22)31-14-27-37(21(3)51)47-38-26(40(27)50(31)39-24-13-29(39)46-16-24)12-23(6-5-11-45)34(36(38)44)25-7-4-8-28(42)35(25)43/h4,7-8,12,14,18,20-22,24,29,32-33,39,46,51H,5-6,9-10,13,15-17H2,1-3H3/i17D2. The van der Waals surface area contributed by atoms with Gasteiger partial charge in [-0.1, -0.05) is 35.3 Å². The molecule has 3 aromatic heterocycles. The quantitative estimate of drug-likeness (QED) is 0.145.